The molecule has 0 aliphatic carbocycles. The van der Waals surface area contributed by atoms with Crippen LogP contribution in [0, 0.1) is 5.92 Å². The summed E-state index contributed by atoms with van der Waals surface area (Å²) in [5, 5.41) is 18.4. The molecule has 2 rings (SSSR count). The van der Waals surface area contributed by atoms with Crippen molar-refractivity contribution in [2.24, 2.45) is 5.92 Å². The van der Waals surface area contributed by atoms with E-state index in [9.17, 15) is 14.7 Å². The van der Waals surface area contributed by atoms with Gasteiger partial charge in [0.25, 0.3) is 5.91 Å². The van der Waals surface area contributed by atoms with Gasteiger partial charge in [-0.2, -0.15) is 0 Å². The molecule has 112 valence electrons. The number of nitrogens with zero attached hydrogens (tertiary/aromatic N) is 2. The highest BCUT2D eigenvalue weighted by Gasteiger charge is 2.28. The molecule has 2 unspecified atom stereocenters. The van der Waals surface area contributed by atoms with Gasteiger partial charge >= 0.3 is 5.97 Å². The Labute approximate surface area is 122 Å². The molecule has 0 bridgehead atoms. The molecule has 1 aliphatic rings. The van der Waals surface area contributed by atoms with Crippen molar-refractivity contribution in [2.75, 3.05) is 13.1 Å². The standard InChI is InChI=1S/C15H18N2O4/c1-10-9-17(8-6-12(10)18)15(21)14-11(3-2-7-16-14)4-5-13(19)20/h2-5,7,10,12,18H,6,8-9H2,1H3,(H,19,20)/b5-4+. The van der Waals surface area contributed by atoms with Crippen LogP contribution >= 0.6 is 0 Å². The zero-order valence-corrected chi connectivity index (χ0v) is 11.8. The third kappa shape index (κ3) is 3.66. The lowest BCUT2D eigenvalue weighted by Crippen LogP contribution is -2.45. The average molecular weight is 290 g/mol. The molecule has 6 nitrogen and oxygen atoms in total. The molecule has 0 radical (unpaired) electrons. The van der Waals surface area contributed by atoms with Crippen LogP contribution in [0.25, 0.3) is 6.08 Å². The van der Waals surface area contributed by atoms with E-state index >= 15 is 0 Å². The molecular formula is C15H18N2O4. The van der Waals surface area contributed by atoms with Crippen LogP contribution in [0.5, 0.6) is 0 Å². The predicted octanol–water partition coefficient (Wildman–Crippen LogP) is 1.02. The number of carboxylic acids is 1. The van der Waals surface area contributed by atoms with Gasteiger partial charge in [-0.1, -0.05) is 13.0 Å². The fraction of sp³-hybridized carbons (Fsp3) is 0.400. The van der Waals surface area contributed by atoms with Crippen molar-refractivity contribution < 1.29 is 19.8 Å². The summed E-state index contributed by atoms with van der Waals surface area (Å²) in [6, 6.07) is 3.31. The highest BCUT2D eigenvalue weighted by atomic mass is 16.4. The molecule has 1 saturated heterocycles. The van der Waals surface area contributed by atoms with Crippen LogP contribution in [0.1, 0.15) is 29.4 Å². The second-order valence-corrected chi connectivity index (χ2v) is 5.20. The molecule has 2 N–H and O–H groups in total. The number of aromatic nitrogens is 1. The molecular weight excluding hydrogens is 272 g/mol. The van der Waals surface area contributed by atoms with E-state index in [1.54, 1.807) is 17.0 Å². The average Bonchev–Trinajstić information content (AvgIpc) is 2.47. The molecule has 1 aliphatic heterocycles. The molecule has 2 heterocycles. The number of pyridine rings is 1. The van der Waals surface area contributed by atoms with Crippen molar-refractivity contribution in [1.29, 1.82) is 0 Å². The molecule has 1 aromatic rings. The zero-order chi connectivity index (χ0) is 15.4. The van der Waals surface area contributed by atoms with Gasteiger partial charge in [-0.15, -0.1) is 0 Å². The Morgan fingerprint density at radius 3 is 2.90 bits per heavy atom. The number of carbonyl (C=O) groups is 2. The number of hydrogen-bond acceptors (Lipinski definition) is 4. The van der Waals surface area contributed by atoms with E-state index < -0.39 is 5.97 Å². The number of hydrogen-bond donors (Lipinski definition) is 2. The number of carbonyl (C=O) groups excluding carboxylic acids is 1. The number of aliphatic hydroxyl groups excluding tert-OH is 1. The van der Waals surface area contributed by atoms with Crippen LogP contribution < -0.4 is 0 Å². The highest BCUT2D eigenvalue weighted by Crippen LogP contribution is 2.19. The zero-order valence-electron chi connectivity index (χ0n) is 11.8. The monoisotopic (exact) mass is 290 g/mol. The lowest BCUT2D eigenvalue weighted by molar-refractivity contribution is -0.131. The molecule has 21 heavy (non-hydrogen) atoms. The minimum atomic E-state index is -1.08. The van der Waals surface area contributed by atoms with Gasteiger partial charge in [0.05, 0.1) is 6.10 Å². The van der Waals surface area contributed by atoms with Gasteiger partial charge in [0.15, 0.2) is 0 Å². The lowest BCUT2D eigenvalue weighted by atomic mass is 9.96. The maximum absolute atomic E-state index is 12.5. The predicted molar refractivity (Wildman–Crippen MR) is 76.6 cm³/mol. The van der Waals surface area contributed by atoms with Gasteiger partial charge < -0.3 is 15.1 Å². The minimum Gasteiger partial charge on any atom is -0.478 e. The molecule has 1 amide bonds. The summed E-state index contributed by atoms with van der Waals surface area (Å²) in [6.45, 7) is 2.84. The third-order valence-corrected chi connectivity index (χ3v) is 3.59. The lowest BCUT2D eigenvalue weighted by Gasteiger charge is -2.34. The fourth-order valence-corrected chi connectivity index (χ4v) is 2.36. The second kappa shape index (κ2) is 6.49. The van der Waals surface area contributed by atoms with Crippen molar-refractivity contribution >= 4 is 18.0 Å². The van der Waals surface area contributed by atoms with E-state index in [1.165, 1.54) is 12.3 Å². The van der Waals surface area contributed by atoms with E-state index in [-0.39, 0.29) is 23.6 Å². The number of aliphatic carboxylic acids is 1. The van der Waals surface area contributed by atoms with E-state index in [0.29, 0.717) is 25.1 Å². The smallest absolute Gasteiger partial charge is 0.328 e. The first kappa shape index (κ1) is 15.2. The van der Waals surface area contributed by atoms with Gasteiger partial charge in [-0.3, -0.25) is 9.78 Å². The van der Waals surface area contributed by atoms with E-state index in [1.807, 2.05) is 6.92 Å². The summed E-state index contributed by atoms with van der Waals surface area (Å²) < 4.78 is 0. The van der Waals surface area contributed by atoms with Gasteiger partial charge in [-0.25, -0.2) is 4.79 Å². The van der Waals surface area contributed by atoms with Crippen LogP contribution in [-0.2, 0) is 4.79 Å². The van der Waals surface area contributed by atoms with Crippen LogP contribution in [0.15, 0.2) is 24.4 Å². The Hall–Kier alpha value is -2.21. The first-order valence-corrected chi connectivity index (χ1v) is 6.82. The van der Waals surface area contributed by atoms with Crippen molar-refractivity contribution in [3.8, 4) is 0 Å². The fourth-order valence-electron chi connectivity index (χ4n) is 2.36. The van der Waals surface area contributed by atoms with Gasteiger partial charge in [0.1, 0.15) is 5.69 Å². The molecule has 2 atom stereocenters. The van der Waals surface area contributed by atoms with E-state index in [0.717, 1.165) is 6.08 Å². The molecule has 1 aromatic heterocycles. The Morgan fingerprint density at radius 2 is 2.24 bits per heavy atom. The highest BCUT2D eigenvalue weighted by molar-refractivity contribution is 5.97. The Bertz CT molecular complexity index is 571. The van der Waals surface area contributed by atoms with E-state index in [2.05, 4.69) is 4.98 Å². The van der Waals surface area contributed by atoms with Crippen molar-refractivity contribution in [3.05, 3.63) is 35.7 Å². The molecule has 0 aromatic carbocycles. The summed E-state index contributed by atoms with van der Waals surface area (Å²) in [6.07, 6.45) is 4.01. The van der Waals surface area contributed by atoms with E-state index in [4.69, 9.17) is 5.11 Å². The first-order valence-electron chi connectivity index (χ1n) is 6.82. The largest absolute Gasteiger partial charge is 0.478 e. The normalized spacial score (nSPS) is 22.5. The van der Waals surface area contributed by atoms with Crippen LogP contribution in [0.2, 0.25) is 0 Å². The first-order chi connectivity index (χ1) is 9.99. The molecule has 6 heteroatoms. The van der Waals surface area contributed by atoms with Crippen molar-refractivity contribution in [2.45, 2.75) is 19.4 Å². The summed E-state index contributed by atoms with van der Waals surface area (Å²) in [7, 11) is 0. The maximum atomic E-state index is 12.5. The third-order valence-electron chi connectivity index (χ3n) is 3.59. The second-order valence-electron chi connectivity index (χ2n) is 5.20. The quantitative estimate of drug-likeness (QED) is 0.811. The van der Waals surface area contributed by atoms with Crippen LogP contribution in [0.3, 0.4) is 0 Å². The number of aliphatic hydroxyl groups is 1. The number of carboxylic acid groups (broad SMARTS) is 1. The topological polar surface area (TPSA) is 90.7 Å². The summed E-state index contributed by atoms with van der Waals surface area (Å²) in [5.41, 5.74) is 0.710. The van der Waals surface area contributed by atoms with Crippen molar-refractivity contribution in [1.82, 2.24) is 9.88 Å². The number of likely N-dealkylation sites (tertiary alicyclic amines) is 1. The number of amides is 1. The number of rotatable bonds is 3. The maximum Gasteiger partial charge on any atom is 0.328 e. The molecule has 0 spiro atoms. The van der Waals surface area contributed by atoms with Gasteiger partial charge in [-0.05, 0) is 24.5 Å². The Kier molecular flexibility index (Phi) is 4.70. The van der Waals surface area contributed by atoms with Gasteiger partial charge in [0, 0.05) is 30.9 Å². The van der Waals surface area contributed by atoms with Crippen molar-refractivity contribution in [3.63, 3.8) is 0 Å². The van der Waals surface area contributed by atoms with Crippen LogP contribution in [0.4, 0.5) is 0 Å². The van der Waals surface area contributed by atoms with Crippen LogP contribution in [-0.4, -0.2) is 51.2 Å². The van der Waals surface area contributed by atoms with Gasteiger partial charge in [0.2, 0.25) is 0 Å². The minimum absolute atomic E-state index is 0.0180. The Morgan fingerprint density at radius 1 is 1.48 bits per heavy atom. The summed E-state index contributed by atoms with van der Waals surface area (Å²) in [5.74, 6) is -1.30. The molecule has 0 saturated carbocycles. The SMILES string of the molecule is CC1CN(C(=O)c2ncccc2/C=C/C(=O)O)CCC1O. The Balaban J connectivity index is 2.21. The summed E-state index contributed by atoms with van der Waals surface area (Å²) in [4.78, 5) is 28.9. The summed E-state index contributed by atoms with van der Waals surface area (Å²) >= 11 is 0. The molecule has 1 fully saturated rings. The number of piperidine rings is 1.